The number of aromatic nitrogens is 3. The Morgan fingerprint density at radius 2 is 2.00 bits per heavy atom. The number of benzene rings is 1. The fourth-order valence-corrected chi connectivity index (χ4v) is 2.04. The van der Waals surface area contributed by atoms with Crippen LogP contribution in [0.1, 0.15) is 24.2 Å². The van der Waals surface area contributed by atoms with E-state index in [0.717, 1.165) is 30.8 Å². The molecule has 0 amide bonds. The molecule has 0 aliphatic rings. The lowest BCUT2D eigenvalue weighted by atomic mass is 10.3. The van der Waals surface area contributed by atoms with Crippen LogP contribution in [0, 0.1) is 0 Å². The molecule has 0 aliphatic carbocycles. The zero-order chi connectivity index (χ0) is 14.9. The molecule has 0 saturated carbocycles. The van der Waals surface area contributed by atoms with Gasteiger partial charge in [0, 0.05) is 13.7 Å². The van der Waals surface area contributed by atoms with E-state index in [1.54, 1.807) is 11.8 Å². The van der Waals surface area contributed by atoms with Gasteiger partial charge in [-0.3, -0.25) is 0 Å². The zero-order valence-corrected chi connectivity index (χ0v) is 12.2. The summed E-state index contributed by atoms with van der Waals surface area (Å²) in [5.74, 6) is 0.890. The highest BCUT2D eigenvalue weighted by atomic mass is 16.5. The third-order valence-corrected chi connectivity index (χ3v) is 3.13. The van der Waals surface area contributed by atoms with Crippen LogP contribution in [0.3, 0.4) is 0 Å². The van der Waals surface area contributed by atoms with Crippen molar-refractivity contribution in [1.29, 1.82) is 0 Å². The summed E-state index contributed by atoms with van der Waals surface area (Å²) in [5.41, 5.74) is 1.42. The minimum Gasteiger partial charge on any atom is -0.494 e. The van der Waals surface area contributed by atoms with E-state index >= 15 is 0 Å². The van der Waals surface area contributed by atoms with Gasteiger partial charge in [0.1, 0.15) is 11.4 Å². The fraction of sp³-hybridized carbons (Fsp3) is 0.467. The number of ether oxygens (including phenoxy) is 2. The average Bonchev–Trinajstić information content (AvgIpc) is 2.91. The van der Waals surface area contributed by atoms with Gasteiger partial charge in [0.25, 0.3) is 0 Å². The zero-order valence-electron chi connectivity index (χ0n) is 12.2. The van der Waals surface area contributed by atoms with E-state index in [0.29, 0.717) is 18.9 Å². The van der Waals surface area contributed by atoms with E-state index < -0.39 is 0 Å². The second kappa shape index (κ2) is 8.39. The third-order valence-electron chi connectivity index (χ3n) is 3.13. The van der Waals surface area contributed by atoms with Crippen molar-refractivity contribution in [3.8, 4) is 5.75 Å². The number of rotatable bonds is 9. The number of methoxy groups -OCH3 is 1. The van der Waals surface area contributed by atoms with Gasteiger partial charge in [-0.25, -0.2) is 4.68 Å². The van der Waals surface area contributed by atoms with Crippen LogP contribution < -0.4 is 4.74 Å². The molecule has 0 atom stereocenters. The Hall–Kier alpha value is -1.92. The van der Waals surface area contributed by atoms with E-state index in [-0.39, 0.29) is 6.61 Å². The van der Waals surface area contributed by atoms with Crippen molar-refractivity contribution in [2.45, 2.75) is 32.6 Å². The van der Waals surface area contributed by atoms with Gasteiger partial charge in [-0.05, 0) is 25.0 Å². The molecule has 1 aromatic carbocycles. The minimum atomic E-state index is -0.115. The molecule has 0 bridgehead atoms. The van der Waals surface area contributed by atoms with Crippen LogP contribution in [0.15, 0.2) is 30.3 Å². The van der Waals surface area contributed by atoms with Crippen LogP contribution >= 0.6 is 0 Å². The summed E-state index contributed by atoms with van der Waals surface area (Å²) in [4.78, 5) is 0. The van der Waals surface area contributed by atoms with E-state index in [9.17, 15) is 5.11 Å². The van der Waals surface area contributed by atoms with Crippen LogP contribution in [0.25, 0.3) is 0 Å². The first kappa shape index (κ1) is 15.5. The Morgan fingerprint density at radius 3 is 2.71 bits per heavy atom. The molecule has 0 fully saturated rings. The molecule has 114 valence electrons. The van der Waals surface area contributed by atoms with E-state index in [1.165, 1.54) is 0 Å². The van der Waals surface area contributed by atoms with Gasteiger partial charge < -0.3 is 14.6 Å². The molecule has 1 heterocycles. The minimum absolute atomic E-state index is 0.115. The summed E-state index contributed by atoms with van der Waals surface area (Å²) in [5, 5.41) is 17.2. The van der Waals surface area contributed by atoms with Crippen molar-refractivity contribution in [2.75, 3.05) is 13.7 Å². The lowest BCUT2D eigenvalue weighted by molar-refractivity contribution is 0.172. The predicted octanol–water partition coefficient (Wildman–Crippen LogP) is 1.78. The second-order valence-electron chi connectivity index (χ2n) is 4.67. The van der Waals surface area contributed by atoms with Gasteiger partial charge in [-0.2, -0.15) is 0 Å². The summed E-state index contributed by atoms with van der Waals surface area (Å²) < 4.78 is 12.5. The number of aliphatic hydroxyl groups excluding tert-OH is 1. The maximum absolute atomic E-state index is 9.20. The van der Waals surface area contributed by atoms with E-state index in [4.69, 9.17) is 9.47 Å². The molecule has 0 aliphatic heterocycles. The lowest BCUT2D eigenvalue weighted by Gasteiger charge is -2.08. The van der Waals surface area contributed by atoms with Gasteiger partial charge in [0.15, 0.2) is 0 Å². The molecule has 0 saturated heterocycles. The maximum atomic E-state index is 9.20. The van der Waals surface area contributed by atoms with Crippen LogP contribution in [0.2, 0.25) is 0 Å². The molecule has 1 aromatic heterocycles. The van der Waals surface area contributed by atoms with E-state index in [2.05, 4.69) is 10.3 Å². The molecule has 0 radical (unpaired) electrons. The van der Waals surface area contributed by atoms with Gasteiger partial charge >= 0.3 is 0 Å². The monoisotopic (exact) mass is 291 g/mol. The molecule has 2 rings (SSSR count). The SMILES string of the molecule is COCc1c(CO)nnn1CCCCOc1ccccc1. The first-order chi connectivity index (χ1) is 10.3. The predicted molar refractivity (Wildman–Crippen MR) is 77.8 cm³/mol. The van der Waals surface area contributed by atoms with Crippen LogP contribution in [-0.4, -0.2) is 33.8 Å². The number of nitrogens with zero attached hydrogens (tertiary/aromatic N) is 3. The summed E-state index contributed by atoms with van der Waals surface area (Å²) in [6, 6.07) is 9.77. The van der Waals surface area contributed by atoms with Crippen LogP contribution in [0.5, 0.6) is 5.75 Å². The van der Waals surface area contributed by atoms with Gasteiger partial charge in [0.2, 0.25) is 0 Å². The largest absolute Gasteiger partial charge is 0.494 e. The normalized spacial score (nSPS) is 10.8. The van der Waals surface area contributed by atoms with Crippen molar-refractivity contribution in [3.05, 3.63) is 41.7 Å². The molecule has 1 N–H and O–H groups in total. The second-order valence-corrected chi connectivity index (χ2v) is 4.67. The summed E-state index contributed by atoms with van der Waals surface area (Å²) in [6.07, 6.45) is 1.85. The number of para-hydroxylation sites is 1. The Balaban J connectivity index is 1.74. The summed E-state index contributed by atoms with van der Waals surface area (Å²) >= 11 is 0. The Kier molecular flexibility index (Phi) is 6.18. The molecule has 21 heavy (non-hydrogen) atoms. The first-order valence-corrected chi connectivity index (χ1v) is 7.04. The van der Waals surface area contributed by atoms with Gasteiger partial charge in [0.05, 0.1) is 25.5 Å². The van der Waals surface area contributed by atoms with Crippen LogP contribution in [0.4, 0.5) is 0 Å². The third kappa shape index (κ3) is 4.54. The van der Waals surface area contributed by atoms with E-state index in [1.807, 2.05) is 30.3 Å². The maximum Gasteiger partial charge on any atom is 0.119 e. The molecule has 6 heteroatoms. The van der Waals surface area contributed by atoms with Crippen molar-refractivity contribution < 1.29 is 14.6 Å². The quantitative estimate of drug-likeness (QED) is 0.713. The molecule has 2 aromatic rings. The number of hydrogen-bond donors (Lipinski definition) is 1. The van der Waals surface area contributed by atoms with Crippen LogP contribution in [-0.2, 0) is 24.5 Å². The number of hydrogen-bond acceptors (Lipinski definition) is 5. The van der Waals surface area contributed by atoms with Gasteiger partial charge in [-0.15, -0.1) is 5.10 Å². The Bertz CT molecular complexity index is 528. The number of unbranched alkanes of at least 4 members (excludes halogenated alkanes) is 1. The number of aryl methyl sites for hydroxylation is 1. The topological polar surface area (TPSA) is 69.4 Å². The number of aliphatic hydroxyl groups is 1. The Morgan fingerprint density at radius 1 is 1.19 bits per heavy atom. The van der Waals surface area contributed by atoms with Crippen molar-refractivity contribution in [2.24, 2.45) is 0 Å². The lowest BCUT2D eigenvalue weighted by Crippen LogP contribution is -2.09. The Labute approximate surface area is 124 Å². The molecule has 6 nitrogen and oxygen atoms in total. The summed E-state index contributed by atoms with van der Waals surface area (Å²) in [6.45, 7) is 1.70. The standard InChI is InChI=1S/C15H21N3O3/c1-20-12-15-14(11-19)16-17-18(15)9-5-6-10-21-13-7-3-2-4-8-13/h2-4,7-8,19H,5-6,9-12H2,1H3. The fourth-order valence-electron chi connectivity index (χ4n) is 2.04. The smallest absolute Gasteiger partial charge is 0.119 e. The highest BCUT2D eigenvalue weighted by molar-refractivity contribution is 5.20. The highest BCUT2D eigenvalue weighted by Crippen LogP contribution is 2.10. The molecule has 0 spiro atoms. The van der Waals surface area contributed by atoms with Crippen molar-refractivity contribution in [1.82, 2.24) is 15.0 Å². The average molecular weight is 291 g/mol. The first-order valence-electron chi connectivity index (χ1n) is 7.04. The molecule has 0 unspecified atom stereocenters. The highest BCUT2D eigenvalue weighted by Gasteiger charge is 2.11. The molecular weight excluding hydrogens is 270 g/mol. The van der Waals surface area contributed by atoms with Gasteiger partial charge in [-0.1, -0.05) is 23.4 Å². The van der Waals surface area contributed by atoms with Crippen molar-refractivity contribution >= 4 is 0 Å². The summed E-state index contributed by atoms with van der Waals surface area (Å²) in [7, 11) is 1.62. The van der Waals surface area contributed by atoms with Crippen molar-refractivity contribution in [3.63, 3.8) is 0 Å². The molecular formula is C15H21N3O3.